The number of hydrogen-bond donors (Lipinski definition) is 1. The molecule has 1 aromatic carbocycles. The van der Waals surface area contributed by atoms with E-state index in [0.717, 1.165) is 28.4 Å². The van der Waals surface area contributed by atoms with Crippen molar-refractivity contribution in [2.75, 3.05) is 19.5 Å². The highest BCUT2D eigenvalue weighted by atomic mass is 16.5. The first-order valence-electron chi connectivity index (χ1n) is 7.16. The van der Waals surface area contributed by atoms with Crippen LogP contribution in [-0.4, -0.2) is 24.2 Å². The van der Waals surface area contributed by atoms with Gasteiger partial charge in [-0.2, -0.15) is 0 Å². The van der Waals surface area contributed by atoms with Gasteiger partial charge in [0, 0.05) is 17.8 Å². The maximum absolute atomic E-state index is 5.17. The van der Waals surface area contributed by atoms with Gasteiger partial charge in [-0.25, -0.2) is 9.97 Å². The Kier molecular flexibility index (Phi) is 4.38. The normalized spacial score (nSPS) is 10.2. The molecule has 2 aromatic heterocycles. The molecule has 0 unspecified atom stereocenters. The minimum absolute atomic E-state index is 0.582. The van der Waals surface area contributed by atoms with Crippen LogP contribution >= 0.6 is 0 Å². The lowest BCUT2D eigenvalue weighted by atomic mass is 10.1. The van der Waals surface area contributed by atoms with Crippen molar-refractivity contribution in [3.05, 3.63) is 60.9 Å². The minimum Gasteiger partial charge on any atom is -0.497 e. The average Bonchev–Trinajstić information content (AvgIpc) is 2.63. The van der Waals surface area contributed by atoms with Crippen molar-refractivity contribution in [1.29, 1.82) is 0 Å². The predicted octanol–water partition coefficient (Wildman–Crippen LogP) is 3.90. The molecule has 0 amide bonds. The Bertz CT molecular complexity index is 754. The average molecular weight is 307 g/mol. The molecule has 0 saturated heterocycles. The summed E-state index contributed by atoms with van der Waals surface area (Å²) in [6, 6.07) is 15.5. The summed E-state index contributed by atoms with van der Waals surface area (Å²) in [6.45, 7) is 0. The second-order valence-corrected chi connectivity index (χ2v) is 4.87. The second-order valence-electron chi connectivity index (χ2n) is 4.87. The quantitative estimate of drug-likeness (QED) is 0.774. The van der Waals surface area contributed by atoms with Crippen LogP contribution in [0, 0.1) is 0 Å². The van der Waals surface area contributed by atoms with E-state index >= 15 is 0 Å². The number of anilines is 2. The summed E-state index contributed by atoms with van der Waals surface area (Å²) in [7, 11) is 3.25. The van der Waals surface area contributed by atoms with Crippen molar-refractivity contribution < 1.29 is 9.47 Å². The van der Waals surface area contributed by atoms with E-state index in [-0.39, 0.29) is 0 Å². The molecule has 0 aliphatic rings. The monoisotopic (exact) mass is 307 g/mol. The van der Waals surface area contributed by atoms with Crippen LogP contribution in [0.2, 0.25) is 0 Å². The largest absolute Gasteiger partial charge is 0.497 e. The number of nitrogens with zero attached hydrogens (tertiary/aromatic N) is 2. The highest BCUT2D eigenvalue weighted by Crippen LogP contribution is 2.23. The van der Waals surface area contributed by atoms with Crippen molar-refractivity contribution in [2.45, 2.75) is 0 Å². The number of methoxy groups -OCH3 is 2. The fourth-order valence-corrected chi connectivity index (χ4v) is 2.14. The van der Waals surface area contributed by atoms with Crippen molar-refractivity contribution in [3.63, 3.8) is 0 Å². The smallest absolute Gasteiger partial charge is 0.213 e. The van der Waals surface area contributed by atoms with Crippen LogP contribution < -0.4 is 14.8 Å². The van der Waals surface area contributed by atoms with Gasteiger partial charge in [0.2, 0.25) is 5.88 Å². The highest BCUT2D eigenvalue weighted by Gasteiger charge is 2.01. The summed E-state index contributed by atoms with van der Waals surface area (Å²) in [5.41, 5.74) is 3.00. The van der Waals surface area contributed by atoms with Crippen molar-refractivity contribution in [1.82, 2.24) is 9.97 Å². The fourth-order valence-electron chi connectivity index (χ4n) is 2.14. The Morgan fingerprint density at radius 2 is 1.52 bits per heavy atom. The fraction of sp³-hybridized carbons (Fsp3) is 0.111. The summed E-state index contributed by atoms with van der Waals surface area (Å²) in [4.78, 5) is 8.58. The number of nitrogens with one attached hydrogen (secondary N) is 1. The molecule has 5 nitrogen and oxygen atoms in total. The van der Waals surface area contributed by atoms with E-state index in [1.54, 1.807) is 26.5 Å². The third-order valence-electron chi connectivity index (χ3n) is 3.40. The first kappa shape index (κ1) is 14.8. The van der Waals surface area contributed by atoms with E-state index in [1.165, 1.54) is 0 Å². The number of pyridine rings is 2. The Hall–Kier alpha value is -3.08. The number of benzene rings is 1. The summed E-state index contributed by atoms with van der Waals surface area (Å²) >= 11 is 0. The number of ether oxygens (including phenoxy) is 2. The summed E-state index contributed by atoms with van der Waals surface area (Å²) in [5, 5.41) is 3.20. The molecule has 0 saturated carbocycles. The molecule has 0 aliphatic heterocycles. The van der Waals surface area contributed by atoms with Gasteiger partial charge in [0.1, 0.15) is 11.6 Å². The van der Waals surface area contributed by atoms with Crippen LogP contribution in [0.1, 0.15) is 0 Å². The van der Waals surface area contributed by atoms with Crippen LogP contribution in [0.4, 0.5) is 11.5 Å². The summed E-state index contributed by atoms with van der Waals surface area (Å²) in [6.07, 6.45) is 3.54. The lowest BCUT2D eigenvalue weighted by Gasteiger charge is -2.07. The number of aromatic nitrogens is 2. The van der Waals surface area contributed by atoms with E-state index in [1.807, 2.05) is 48.7 Å². The van der Waals surface area contributed by atoms with E-state index in [9.17, 15) is 0 Å². The molecule has 2 heterocycles. The molecule has 1 N–H and O–H groups in total. The van der Waals surface area contributed by atoms with Crippen LogP contribution in [0.5, 0.6) is 11.6 Å². The van der Waals surface area contributed by atoms with Gasteiger partial charge < -0.3 is 14.8 Å². The molecule has 0 fully saturated rings. The Morgan fingerprint density at radius 1 is 0.739 bits per heavy atom. The first-order chi connectivity index (χ1) is 11.3. The number of hydrogen-bond acceptors (Lipinski definition) is 5. The molecule has 23 heavy (non-hydrogen) atoms. The highest BCUT2D eigenvalue weighted by molar-refractivity contribution is 5.65. The van der Waals surface area contributed by atoms with Crippen molar-refractivity contribution in [3.8, 4) is 22.8 Å². The molecule has 5 heteroatoms. The molecular formula is C18H17N3O2. The van der Waals surface area contributed by atoms with Gasteiger partial charge in [-0.3, -0.25) is 0 Å². The lowest BCUT2D eigenvalue weighted by Crippen LogP contribution is -1.95. The zero-order valence-electron chi connectivity index (χ0n) is 13.0. The molecule has 116 valence electrons. The van der Waals surface area contributed by atoms with Crippen molar-refractivity contribution in [2.24, 2.45) is 0 Å². The maximum atomic E-state index is 5.17. The maximum Gasteiger partial charge on any atom is 0.213 e. The summed E-state index contributed by atoms with van der Waals surface area (Å²) < 4.78 is 10.2. The SMILES string of the molecule is COc1ccc(-c2ccc(Nc3ccc(OC)nc3)nc2)cc1. The standard InChI is InChI=1S/C18H17N3O2/c1-22-16-7-3-13(4-8-16)14-5-9-17(19-11-14)21-15-6-10-18(23-2)20-12-15/h3-12H,1-2H3,(H,19,21). The van der Waals surface area contributed by atoms with Crippen molar-refractivity contribution >= 4 is 11.5 Å². The molecule has 3 rings (SSSR count). The molecular weight excluding hydrogens is 290 g/mol. The zero-order chi connectivity index (χ0) is 16.1. The molecule has 0 aliphatic carbocycles. The van der Waals surface area contributed by atoms with Crippen LogP contribution in [-0.2, 0) is 0 Å². The Labute approximate surface area is 134 Å². The molecule has 0 atom stereocenters. The Morgan fingerprint density at radius 3 is 2.09 bits per heavy atom. The van der Waals surface area contributed by atoms with E-state index in [0.29, 0.717) is 5.88 Å². The van der Waals surface area contributed by atoms with Gasteiger partial charge in [-0.1, -0.05) is 12.1 Å². The van der Waals surface area contributed by atoms with Crippen LogP contribution in [0.15, 0.2) is 60.9 Å². The molecule has 3 aromatic rings. The first-order valence-corrected chi connectivity index (χ1v) is 7.16. The van der Waals surface area contributed by atoms with E-state index < -0.39 is 0 Å². The lowest BCUT2D eigenvalue weighted by molar-refractivity contribution is 0.398. The predicted molar refractivity (Wildman–Crippen MR) is 90.3 cm³/mol. The van der Waals surface area contributed by atoms with E-state index in [2.05, 4.69) is 15.3 Å². The minimum atomic E-state index is 0.582. The Balaban J connectivity index is 1.72. The van der Waals surface area contributed by atoms with Crippen LogP contribution in [0.3, 0.4) is 0 Å². The third-order valence-corrected chi connectivity index (χ3v) is 3.40. The van der Waals surface area contributed by atoms with E-state index in [4.69, 9.17) is 9.47 Å². The van der Waals surface area contributed by atoms with Gasteiger partial charge in [-0.15, -0.1) is 0 Å². The topological polar surface area (TPSA) is 56.3 Å². The van der Waals surface area contributed by atoms with Gasteiger partial charge in [0.05, 0.1) is 26.1 Å². The number of rotatable bonds is 5. The molecule has 0 bridgehead atoms. The van der Waals surface area contributed by atoms with Gasteiger partial charge in [0.25, 0.3) is 0 Å². The van der Waals surface area contributed by atoms with Gasteiger partial charge >= 0.3 is 0 Å². The third kappa shape index (κ3) is 3.58. The molecule has 0 spiro atoms. The van der Waals surface area contributed by atoms with Gasteiger partial charge in [0.15, 0.2) is 0 Å². The molecule has 0 radical (unpaired) electrons. The zero-order valence-corrected chi connectivity index (χ0v) is 13.0. The van der Waals surface area contributed by atoms with Gasteiger partial charge in [-0.05, 0) is 35.9 Å². The second kappa shape index (κ2) is 6.79. The summed E-state index contributed by atoms with van der Waals surface area (Å²) in [5.74, 6) is 2.18. The van der Waals surface area contributed by atoms with Crippen LogP contribution in [0.25, 0.3) is 11.1 Å².